The fraction of sp³-hybridized carbons (Fsp3) is 0.600. The van der Waals surface area contributed by atoms with Gasteiger partial charge in [-0.25, -0.2) is 0 Å². The van der Waals surface area contributed by atoms with Gasteiger partial charge in [-0.3, -0.25) is 5.32 Å². The van der Waals surface area contributed by atoms with Crippen molar-refractivity contribution in [3.8, 4) is 12.3 Å². The van der Waals surface area contributed by atoms with E-state index in [1.54, 1.807) is 0 Å². The maximum absolute atomic E-state index is 5.54. The molecule has 1 fully saturated rings. The van der Waals surface area contributed by atoms with E-state index < -0.39 is 0 Å². The standard InChI is InChI=1S/C10H13N3O2S/c1-2-3-11-6-9-12-10(13-15-9)8-7-16-5-4-14-8/h1,8,11H,3-7H2. The van der Waals surface area contributed by atoms with Crippen molar-refractivity contribution in [1.82, 2.24) is 15.5 Å². The van der Waals surface area contributed by atoms with E-state index in [9.17, 15) is 0 Å². The average molecular weight is 239 g/mol. The Hall–Kier alpha value is -1.03. The first kappa shape index (κ1) is 11.5. The van der Waals surface area contributed by atoms with Gasteiger partial charge in [-0.05, 0) is 0 Å². The smallest absolute Gasteiger partial charge is 0.240 e. The predicted octanol–water partition coefficient (Wildman–Crippen LogP) is 0.597. The first-order chi connectivity index (χ1) is 7.90. The molecule has 1 aliphatic rings. The molecule has 0 aromatic carbocycles. The van der Waals surface area contributed by atoms with Crippen molar-refractivity contribution < 1.29 is 9.26 Å². The lowest BCUT2D eigenvalue weighted by Crippen LogP contribution is -2.17. The van der Waals surface area contributed by atoms with E-state index in [1.165, 1.54) is 0 Å². The second-order valence-electron chi connectivity index (χ2n) is 3.29. The molecule has 6 heteroatoms. The van der Waals surface area contributed by atoms with E-state index >= 15 is 0 Å². The summed E-state index contributed by atoms with van der Waals surface area (Å²) >= 11 is 1.84. The molecular formula is C10H13N3O2S. The third-order valence-electron chi connectivity index (χ3n) is 2.09. The molecule has 1 saturated heterocycles. The molecule has 0 aliphatic carbocycles. The Morgan fingerprint density at radius 2 is 2.56 bits per heavy atom. The number of terminal acetylenes is 1. The van der Waals surface area contributed by atoms with Crippen LogP contribution in [0, 0.1) is 12.3 Å². The molecule has 1 atom stereocenters. The molecular weight excluding hydrogens is 226 g/mol. The van der Waals surface area contributed by atoms with Gasteiger partial charge >= 0.3 is 0 Å². The highest BCUT2D eigenvalue weighted by Crippen LogP contribution is 2.24. The van der Waals surface area contributed by atoms with E-state index in [-0.39, 0.29) is 6.10 Å². The number of hydrogen-bond donors (Lipinski definition) is 1. The molecule has 16 heavy (non-hydrogen) atoms. The number of nitrogens with zero attached hydrogens (tertiary/aromatic N) is 2. The molecule has 0 spiro atoms. The number of ether oxygens (including phenoxy) is 1. The second-order valence-corrected chi connectivity index (χ2v) is 4.44. The third kappa shape index (κ3) is 2.98. The van der Waals surface area contributed by atoms with Crippen LogP contribution in [-0.4, -0.2) is 34.8 Å². The normalized spacial score (nSPS) is 20.6. The highest BCUT2D eigenvalue weighted by molar-refractivity contribution is 7.99. The van der Waals surface area contributed by atoms with Crippen LogP contribution in [0.3, 0.4) is 0 Å². The quantitative estimate of drug-likeness (QED) is 0.613. The Kier molecular flexibility index (Phi) is 4.22. The Labute approximate surface area is 98.3 Å². The van der Waals surface area contributed by atoms with E-state index in [0.717, 1.165) is 18.1 Å². The summed E-state index contributed by atoms with van der Waals surface area (Å²) in [5.74, 6) is 5.57. The number of rotatable bonds is 4. The zero-order valence-corrected chi connectivity index (χ0v) is 9.63. The van der Waals surface area contributed by atoms with Crippen molar-refractivity contribution in [2.45, 2.75) is 12.6 Å². The van der Waals surface area contributed by atoms with Crippen molar-refractivity contribution >= 4 is 11.8 Å². The summed E-state index contributed by atoms with van der Waals surface area (Å²) in [5.41, 5.74) is 0. The molecule has 1 aromatic heterocycles. The lowest BCUT2D eigenvalue weighted by Gasteiger charge is -2.18. The van der Waals surface area contributed by atoms with Crippen molar-refractivity contribution in [2.24, 2.45) is 0 Å². The summed E-state index contributed by atoms with van der Waals surface area (Å²) in [6, 6.07) is 0. The van der Waals surface area contributed by atoms with Crippen molar-refractivity contribution in [1.29, 1.82) is 0 Å². The minimum absolute atomic E-state index is 0.0381. The molecule has 2 heterocycles. The van der Waals surface area contributed by atoms with Crippen LogP contribution >= 0.6 is 11.8 Å². The minimum atomic E-state index is -0.0381. The number of nitrogens with one attached hydrogen (secondary N) is 1. The molecule has 0 saturated carbocycles. The first-order valence-electron chi connectivity index (χ1n) is 5.06. The summed E-state index contributed by atoms with van der Waals surface area (Å²) in [7, 11) is 0. The van der Waals surface area contributed by atoms with E-state index in [0.29, 0.717) is 24.8 Å². The van der Waals surface area contributed by atoms with Gasteiger partial charge in [0.15, 0.2) is 0 Å². The Morgan fingerprint density at radius 3 is 3.31 bits per heavy atom. The van der Waals surface area contributed by atoms with Gasteiger partial charge in [-0.15, -0.1) is 6.42 Å². The van der Waals surface area contributed by atoms with Crippen molar-refractivity contribution in [3.63, 3.8) is 0 Å². The van der Waals surface area contributed by atoms with Crippen LogP contribution in [0.25, 0.3) is 0 Å². The second kappa shape index (κ2) is 5.89. The van der Waals surface area contributed by atoms with Gasteiger partial charge in [0.1, 0.15) is 6.10 Å². The summed E-state index contributed by atoms with van der Waals surface area (Å²) in [6.07, 6.45) is 5.07. The molecule has 86 valence electrons. The molecule has 0 amide bonds. The molecule has 1 unspecified atom stereocenters. The van der Waals surface area contributed by atoms with Crippen LogP contribution in [0.15, 0.2) is 4.52 Å². The summed E-state index contributed by atoms with van der Waals surface area (Å²) < 4.78 is 10.6. The first-order valence-corrected chi connectivity index (χ1v) is 6.21. The maximum Gasteiger partial charge on any atom is 0.240 e. The molecule has 1 aromatic rings. The number of aromatic nitrogens is 2. The molecule has 1 N–H and O–H groups in total. The summed E-state index contributed by atoms with van der Waals surface area (Å²) in [5, 5.41) is 6.89. The number of hydrogen-bond acceptors (Lipinski definition) is 6. The zero-order chi connectivity index (χ0) is 11.2. The average Bonchev–Trinajstić information content (AvgIpc) is 2.79. The van der Waals surface area contributed by atoms with E-state index in [2.05, 4.69) is 21.4 Å². The highest BCUT2D eigenvalue weighted by Gasteiger charge is 2.21. The minimum Gasteiger partial charge on any atom is -0.368 e. The van der Waals surface area contributed by atoms with Crippen LogP contribution in [0.1, 0.15) is 17.8 Å². The molecule has 0 bridgehead atoms. The van der Waals surface area contributed by atoms with Gasteiger partial charge in [-0.2, -0.15) is 16.7 Å². The topological polar surface area (TPSA) is 60.2 Å². The van der Waals surface area contributed by atoms with Crippen molar-refractivity contribution in [2.75, 3.05) is 24.7 Å². The number of thioether (sulfide) groups is 1. The van der Waals surface area contributed by atoms with Gasteiger partial charge in [0.05, 0.1) is 19.7 Å². The Balaban J connectivity index is 1.88. The molecule has 0 radical (unpaired) electrons. The van der Waals surface area contributed by atoms with Crippen LogP contribution < -0.4 is 5.32 Å². The Morgan fingerprint density at radius 1 is 1.62 bits per heavy atom. The van der Waals surface area contributed by atoms with Gasteiger partial charge in [0.25, 0.3) is 0 Å². The maximum atomic E-state index is 5.54. The highest BCUT2D eigenvalue weighted by atomic mass is 32.2. The SMILES string of the molecule is C#CCNCc1nc(C2CSCCO2)no1. The summed E-state index contributed by atoms with van der Waals surface area (Å²) in [4.78, 5) is 4.26. The fourth-order valence-corrected chi connectivity index (χ4v) is 2.19. The van der Waals surface area contributed by atoms with E-state index in [1.807, 2.05) is 11.8 Å². The van der Waals surface area contributed by atoms with Gasteiger partial charge in [0.2, 0.25) is 11.7 Å². The van der Waals surface area contributed by atoms with Gasteiger partial charge in [0, 0.05) is 11.5 Å². The van der Waals surface area contributed by atoms with E-state index in [4.69, 9.17) is 15.7 Å². The Bertz CT molecular complexity index is 368. The monoisotopic (exact) mass is 239 g/mol. The van der Waals surface area contributed by atoms with Crippen LogP contribution in [0.4, 0.5) is 0 Å². The van der Waals surface area contributed by atoms with Gasteiger partial charge in [-0.1, -0.05) is 11.1 Å². The van der Waals surface area contributed by atoms with Crippen LogP contribution in [0.5, 0.6) is 0 Å². The predicted molar refractivity (Wildman–Crippen MR) is 60.9 cm³/mol. The lowest BCUT2D eigenvalue weighted by atomic mass is 10.4. The van der Waals surface area contributed by atoms with Crippen molar-refractivity contribution in [3.05, 3.63) is 11.7 Å². The molecule has 5 nitrogen and oxygen atoms in total. The lowest BCUT2D eigenvalue weighted by molar-refractivity contribution is 0.0677. The van der Waals surface area contributed by atoms with Gasteiger partial charge < -0.3 is 9.26 Å². The fourth-order valence-electron chi connectivity index (χ4n) is 1.35. The zero-order valence-electron chi connectivity index (χ0n) is 8.81. The van der Waals surface area contributed by atoms with Crippen LogP contribution in [0.2, 0.25) is 0 Å². The molecule has 2 rings (SSSR count). The van der Waals surface area contributed by atoms with Crippen LogP contribution in [-0.2, 0) is 11.3 Å². The largest absolute Gasteiger partial charge is 0.368 e. The third-order valence-corrected chi connectivity index (χ3v) is 3.08. The summed E-state index contributed by atoms with van der Waals surface area (Å²) in [6.45, 7) is 1.74. The molecule has 1 aliphatic heterocycles.